The predicted octanol–water partition coefficient (Wildman–Crippen LogP) is 5.75. The molecular weight excluding hydrogens is 282 g/mol. The van der Waals surface area contributed by atoms with Gasteiger partial charge in [-0.15, -0.1) is 0 Å². The third-order valence-corrected chi connectivity index (χ3v) is 4.33. The van der Waals surface area contributed by atoms with Gasteiger partial charge in [-0.05, 0) is 49.1 Å². The summed E-state index contributed by atoms with van der Waals surface area (Å²) in [6.45, 7) is 7.19. The lowest BCUT2D eigenvalue weighted by Gasteiger charge is -2.13. The Hall–Kier alpha value is -1.83. The summed E-state index contributed by atoms with van der Waals surface area (Å²) >= 11 is 0. The molecule has 1 heterocycles. The van der Waals surface area contributed by atoms with Crippen molar-refractivity contribution in [2.75, 3.05) is 6.61 Å². The van der Waals surface area contributed by atoms with Gasteiger partial charge in [-0.25, -0.2) is 0 Å². The fraction of sp³-hybridized carbons (Fsp3) is 0.476. The summed E-state index contributed by atoms with van der Waals surface area (Å²) < 4.78 is 5.50. The van der Waals surface area contributed by atoms with Crippen LogP contribution in [0.4, 0.5) is 0 Å². The Labute approximate surface area is 140 Å². The minimum atomic E-state index is 0.354. The van der Waals surface area contributed by atoms with Crippen LogP contribution in [0, 0.1) is 0 Å². The lowest BCUT2D eigenvalue weighted by Crippen LogP contribution is -1.99. The highest BCUT2D eigenvalue weighted by Crippen LogP contribution is 2.25. The van der Waals surface area contributed by atoms with Crippen LogP contribution in [-0.4, -0.2) is 11.6 Å². The number of ether oxygens (including phenoxy) is 1. The van der Waals surface area contributed by atoms with Gasteiger partial charge >= 0.3 is 0 Å². The van der Waals surface area contributed by atoms with Gasteiger partial charge in [-0.2, -0.15) is 0 Å². The first-order chi connectivity index (χ1) is 11.2. The van der Waals surface area contributed by atoms with Gasteiger partial charge in [-0.1, -0.05) is 51.3 Å². The van der Waals surface area contributed by atoms with Crippen LogP contribution in [0.3, 0.4) is 0 Å². The van der Waals surface area contributed by atoms with E-state index in [0.717, 1.165) is 12.2 Å². The number of rotatable bonds is 9. The van der Waals surface area contributed by atoms with Gasteiger partial charge in [0.05, 0.1) is 6.61 Å². The Balaban J connectivity index is 1.95. The fourth-order valence-electron chi connectivity index (χ4n) is 2.78. The van der Waals surface area contributed by atoms with Crippen molar-refractivity contribution in [3.8, 4) is 5.75 Å². The average Bonchev–Trinajstić information content (AvgIpc) is 2.60. The molecule has 124 valence electrons. The van der Waals surface area contributed by atoms with Gasteiger partial charge in [0.1, 0.15) is 5.75 Å². The first-order valence-electron chi connectivity index (χ1n) is 8.92. The molecule has 0 bridgehead atoms. The molecule has 2 nitrogen and oxygen atoms in total. The summed E-state index contributed by atoms with van der Waals surface area (Å²) in [5.41, 5.74) is 3.78. The normalized spacial score (nSPS) is 12.1. The van der Waals surface area contributed by atoms with Crippen LogP contribution >= 0.6 is 0 Å². The van der Waals surface area contributed by atoms with E-state index >= 15 is 0 Å². The monoisotopic (exact) mass is 311 g/mol. The second-order valence-electron chi connectivity index (χ2n) is 6.12. The quantitative estimate of drug-likeness (QED) is 0.550. The molecule has 0 saturated carbocycles. The van der Waals surface area contributed by atoms with Crippen LogP contribution in [0.25, 0.3) is 0 Å². The Bertz CT molecular complexity index is 559. The molecule has 23 heavy (non-hydrogen) atoms. The van der Waals surface area contributed by atoms with E-state index in [2.05, 4.69) is 43.1 Å². The van der Waals surface area contributed by atoms with E-state index in [0.29, 0.717) is 12.5 Å². The van der Waals surface area contributed by atoms with Crippen molar-refractivity contribution in [2.24, 2.45) is 0 Å². The molecule has 2 heteroatoms. The second-order valence-corrected chi connectivity index (χ2v) is 6.12. The molecule has 0 aliphatic rings. The summed E-state index contributed by atoms with van der Waals surface area (Å²) in [6, 6.07) is 12.8. The largest absolute Gasteiger partial charge is 0.494 e. The lowest BCUT2D eigenvalue weighted by molar-refractivity contribution is 0.340. The molecule has 1 aromatic carbocycles. The van der Waals surface area contributed by atoms with Gasteiger partial charge in [-0.3, -0.25) is 4.98 Å². The van der Waals surface area contributed by atoms with Crippen molar-refractivity contribution in [3.63, 3.8) is 0 Å². The smallest absolute Gasteiger partial charge is 0.119 e. The van der Waals surface area contributed by atoms with Crippen molar-refractivity contribution < 1.29 is 4.74 Å². The highest BCUT2D eigenvalue weighted by atomic mass is 16.5. The Morgan fingerprint density at radius 2 is 1.65 bits per heavy atom. The number of unbranched alkanes of at least 4 members (excludes halogenated alkanes) is 3. The molecule has 1 aromatic heterocycles. The minimum absolute atomic E-state index is 0.354. The molecule has 2 aromatic rings. The van der Waals surface area contributed by atoms with Crippen LogP contribution in [0.2, 0.25) is 0 Å². The maximum atomic E-state index is 5.50. The Morgan fingerprint density at radius 3 is 2.26 bits per heavy atom. The van der Waals surface area contributed by atoms with Crippen molar-refractivity contribution >= 4 is 0 Å². The maximum absolute atomic E-state index is 5.50. The van der Waals surface area contributed by atoms with Gasteiger partial charge < -0.3 is 4.74 Å². The number of hydrogen-bond acceptors (Lipinski definition) is 2. The van der Waals surface area contributed by atoms with Gasteiger partial charge in [0.15, 0.2) is 0 Å². The van der Waals surface area contributed by atoms with E-state index in [1.807, 2.05) is 25.3 Å². The molecule has 0 saturated heterocycles. The number of aryl methyl sites for hydroxylation is 1. The molecular formula is C21H29NO. The van der Waals surface area contributed by atoms with Crippen molar-refractivity contribution in [1.82, 2.24) is 4.98 Å². The van der Waals surface area contributed by atoms with E-state index in [1.165, 1.54) is 42.5 Å². The molecule has 2 rings (SSSR count). The summed E-state index contributed by atoms with van der Waals surface area (Å²) in [7, 11) is 0. The zero-order chi connectivity index (χ0) is 16.5. The van der Waals surface area contributed by atoms with Crippen LogP contribution in [0.5, 0.6) is 5.75 Å². The molecule has 0 spiro atoms. The molecule has 0 fully saturated rings. The summed E-state index contributed by atoms with van der Waals surface area (Å²) in [5, 5.41) is 0. The van der Waals surface area contributed by atoms with Crippen molar-refractivity contribution in [2.45, 2.75) is 58.8 Å². The molecule has 0 N–H and O–H groups in total. The van der Waals surface area contributed by atoms with Crippen LogP contribution < -0.4 is 4.74 Å². The number of aromatic nitrogens is 1. The molecule has 1 unspecified atom stereocenters. The zero-order valence-electron chi connectivity index (χ0n) is 14.7. The van der Waals surface area contributed by atoms with Crippen LogP contribution in [0.1, 0.15) is 69.2 Å². The third kappa shape index (κ3) is 5.38. The number of nitrogens with zero attached hydrogens (tertiary/aromatic N) is 1. The average molecular weight is 311 g/mol. The summed E-state index contributed by atoms with van der Waals surface area (Å²) in [6.07, 6.45) is 8.30. The highest BCUT2D eigenvalue weighted by molar-refractivity contribution is 5.34. The van der Waals surface area contributed by atoms with E-state index in [4.69, 9.17) is 4.74 Å². The number of hydrogen-bond donors (Lipinski definition) is 0. The second kappa shape index (κ2) is 9.34. The topological polar surface area (TPSA) is 22.1 Å². The minimum Gasteiger partial charge on any atom is -0.494 e. The lowest BCUT2D eigenvalue weighted by atomic mass is 9.94. The van der Waals surface area contributed by atoms with E-state index < -0.39 is 0 Å². The molecule has 0 aliphatic heterocycles. The SMILES string of the molecule is CCCCCCc1ccc(C(C)c2ccc(OCC)cc2)cn1. The van der Waals surface area contributed by atoms with Gasteiger partial charge in [0.2, 0.25) is 0 Å². The standard InChI is InChI=1S/C21H29NO/c1-4-6-7-8-9-20-13-10-19(16-22-20)17(3)18-11-14-21(15-12-18)23-5-2/h10-17H,4-9H2,1-3H3. The first-order valence-corrected chi connectivity index (χ1v) is 8.92. The highest BCUT2D eigenvalue weighted by Gasteiger charge is 2.09. The Morgan fingerprint density at radius 1 is 0.913 bits per heavy atom. The summed E-state index contributed by atoms with van der Waals surface area (Å²) in [5.74, 6) is 1.29. The maximum Gasteiger partial charge on any atom is 0.119 e. The van der Waals surface area contributed by atoms with Crippen LogP contribution in [0.15, 0.2) is 42.6 Å². The zero-order valence-corrected chi connectivity index (χ0v) is 14.7. The Kier molecular flexibility index (Phi) is 7.12. The number of benzene rings is 1. The fourth-order valence-corrected chi connectivity index (χ4v) is 2.78. The van der Waals surface area contributed by atoms with E-state index in [9.17, 15) is 0 Å². The van der Waals surface area contributed by atoms with Crippen LogP contribution in [-0.2, 0) is 6.42 Å². The van der Waals surface area contributed by atoms with E-state index in [-0.39, 0.29) is 0 Å². The third-order valence-electron chi connectivity index (χ3n) is 4.33. The van der Waals surface area contributed by atoms with E-state index in [1.54, 1.807) is 0 Å². The van der Waals surface area contributed by atoms with Gasteiger partial charge in [0.25, 0.3) is 0 Å². The molecule has 0 amide bonds. The predicted molar refractivity (Wildman–Crippen MR) is 97.2 cm³/mol. The number of pyridine rings is 1. The molecule has 1 atom stereocenters. The first kappa shape index (κ1) is 17.5. The van der Waals surface area contributed by atoms with Crippen molar-refractivity contribution in [1.29, 1.82) is 0 Å². The molecule has 0 radical (unpaired) electrons. The van der Waals surface area contributed by atoms with Crippen molar-refractivity contribution in [3.05, 3.63) is 59.4 Å². The summed E-state index contributed by atoms with van der Waals surface area (Å²) in [4.78, 5) is 4.65. The molecule has 0 aliphatic carbocycles. The van der Waals surface area contributed by atoms with Gasteiger partial charge in [0, 0.05) is 17.8 Å².